The van der Waals surface area contributed by atoms with E-state index in [9.17, 15) is 5.11 Å². The van der Waals surface area contributed by atoms with Crippen molar-refractivity contribution < 1.29 is 5.11 Å². The summed E-state index contributed by atoms with van der Waals surface area (Å²) in [6, 6.07) is -0.0411. The largest absolute Gasteiger partial charge is 0.392 e. The molecule has 0 heterocycles. The third kappa shape index (κ3) is 7.24. The lowest BCUT2D eigenvalue weighted by Gasteiger charge is -2.24. The van der Waals surface area contributed by atoms with Gasteiger partial charge in [-0.1, -0.05) is 65.7 Å². The molecule has 0 amide bonds. The first kappa shape index (κ1) is 15.9. The van der Waals surface area contributed by atoms with Crippen molar-refractivity contribution in [1.82, 2.24) is 0 Å². The van der Waals surface area contributed by atoms with Gasteiger partial charge in [-0.05, 0) is 12.3 Å². The molecule has 0 aliphatic heterocycles. The topological polar surface area (TPSA) is 46.2 Å². The van der Waals surface area contributed by atoms with Crippen molar-refractivity contribution in [2.75, 3.05) is 0 Å². The third-order valence-electron chi connectivity index (χ3n) is 3.60. The predicted molar refractivity (Wildman–Crippen MR) is 71.4 cm³/mol. The SMILES string of the molecule is CCCCCCCC[C@H](O)[C@@H](N)[C@@H](C)CC. The molecule has 0 aromatic rings. The maximum Gasteiger partial charge on any atom is 0.0693 e. The molecular weight excluding hydrogens is 198 g/mol. The zero-order chi connectivity index (χ0) is 12.4. The maximum atomic E-state index is 9.90. The second kappa shape index (κ2) is 10.1. The van der Waals surface area contributed by atoms with Crippen molar-refractivity contribution in [2.45, 2.75) is 84.3 Å². The minimum Gasteiger partial charge on any atom is -0.392 e. The van der Waals surface area contributed by atoms with E-state index >= 15 is 0 Å². The van der Waals surface area contributed by atoms with Crippen molar-refractivity contribution in [3.05, 3.63) is 0 Å². The predicted octanol–water partition coefficient (Wildman–Crippen LogP) is 3.47. The summed E-state index contributed by atoms with van der Waals surface area (Å²) in [6.45, 7) is 6.48. The summed E-state index contributed by atoms with van der Waals surface area (Å²) in [4.78, 5) is 0. The van der Waals surface area contributed by atoms with Crippen molar-refractivity contribution in [1.29, 1.82) is 0 Å². The fourth-order valence-electron chi connectivity index (χ4n) is 1.98. The van der Waals surface area contributed by atoms with E-state index in [0.29, 0.717) is 5.92 Å². The Balaban J connectivity index is 3.45. The van der Waals surface area contributed by atoms with Crippen LogP contribution < -0.4 is 5.73 Å². The molecule has 0 unspecified atom stereocenters. The molecule has 0 rings (SSSR count). The van der Waals surface area contributed by atoms with Gasteiger partial charge in [0, 0.05) is 6.04 Å². The summed E-state index contributed by atoms with van der Waals surface area (Å²) >= 11 is 0. The van der Waals surface area contributed by atoms with E-state index in [1.807, 2.05) is 0 Å². The third-order valence-corrected chi connectivity index (χ3v) is 3.60. The molecule has 0 saturated carbocycles. The van der Waals surface area contributed by atoms with E-state index in [1.165, 1.54) is 32.1 Å². The van der Waals surface area contributed by atoms with Crippen LogP contribution in [0.25, 0.3) is 0 Å². The molecule has 3 N–H and O–H groups in total. The van der Waals surface area contributed by atoms with Gasteiger partial charge in [0.1, 0.15) is 0 Å². The molecule has 0 fully saturated rings. The molecule has 0 aromatic carbocycles. The maximum absolute atomic E-state index is 9.90. The first-order valence-electron chi connectivity index (χ1n) is 7.07. The van der Waals surface area contributed by atoms with Crippen LogP contribution in [0.4, 0.5) is 0 Å². The van der Waals surface area contributed by atoms with Crippen LogP contribution in [0.5, 0.6) is 0 Å². The van der Waals surface area contributed by atoms with Crippen LogP contribution in [-0.4, -0.2) is 17.3 Å². The standard InChI is InChI=1S/C14H31NO/c1-4-6-7-8-9-10-11-13(16)14(15)12(3)5-2/h12-14,16H,4-11,15H2,1-3H3/t12-,13-,14-/m0/s1. The Morgan fingerprint density at radius 1 is 1.00 bits per heavy atom. The number of rotatable bonds is 10. The van der Waals surface area contributed by atoms with Gasteiger partial charge in [-0.25, -0.2) is 0 Å². The van der Waals surface area contributed by atoms with Gasteiger partial charge in [-0.3, -0.25) is 0 Å². The quantitative estimate of drug-likeness (QED) is 0.563. The lowest BCUT2D eigenvalue weighted by atomic mass is 9.92. The zero-order valence-corrected chi connectivity index (χ0v) is 11.4. The summed E-state index contributed by atoms with van der Waals surface area (Å²) in [7, 11) is 0. The van der Waals surface area contributed by atoms with Gasteiger partial charge in [0.25, 0.3) is 0 Å². The van der Waals surface area contributed by atoms with Gasteiger partial charge in [0.05, 0.1) is 6.10 Å². The van der Waals surface area contributed by atoms with Crippen molar-refractivity contribution >= 4 is 0 Å². The van der Waals surface area contributed by atoms with Crippen LogP contribution in [-0.2, 0) is 0 Å². The number of hydrogen-bond acceptors (Lipinski definition) is 2. The van der Waals surface area contributed by atoms with Gasteiger partial charge < -0.3 is 10.8 Å². The Hall–Kier alpha value is -0.0800. The summed E-state index contributed by atoms with van der Waals surface area (Å²) in [5.74, 6) is 0.426. The Morgan fingerprint density at radius 3 is 2.12 bits per heavy atom. The summed E-state index contributed by atoms with van der Waals surface area (Å²) in [5.41, 5.74) is 5.98. The van der Waals surface area contributed by atoms with Crippen LogP contribution in [0.3, 0.4) is 0 Å². The van der Waals surface area contributed by atoms with E-state index < -0.39 is 0 Å². The highest BCUT2D eigenvalue weighted by molar-refractivity contribution is 4.76. The lowest BCUT2D eigenvalue weighted by Crippen LogP contribution is -2.39. The highest BCUT2D eigenvalue weighted by atomic mass is 16.3. The summed E-state index contributed by atoms with van der Waals surface area (Å²) < 4.78 is 0. The summed E-state index contributed by atoms with van der Waals surface area (Å²) in [5, 5.41) is 9.90. The monoisotopic (exact) mass is 229 g/mol. The van der Waals surface area contributed by atoms with Crippen LogP contribution in [0.15, 0.2) is 0 Å². The molecule has 0 aromatic heterocycles. The number of aliphatic hydroxyl groups excluding tert-OH is 1. The Kier molecular flexibility index (Phi) is 10.0. The van der Waals surface area contributed by atoms with Gasteiger partial charge in [-0.2, -0.15) is 0 Å². The average molecular weight is 229 g/mol. The first-order valence-corrected chi connectivity index (χ1v) is 7.07. The van der Waals surface area contributed by atoms with E-state index in [2.05, 4.69) is 20.8 Å². The normalized spacial score (nSPS) is 17.1. The number of unbranched alkanes of at least 4 members (excludes halogenated alkanes) is 5. The minimum absolute atomic E-state index is 0.0411. The smallest absolute Gasteiger partial charge is 0.0693 e. The molecule has 3 atom stereocenters. The Bertz CT molecular complexity index is 150. The first-order chi connectivity index (χ1) is 7.63. The summed E-state index contributed by atoms with van der Waals surface area (Å²) in [6.07, 6.45) is 9.26. The molecule has 0 radical (unpaired) electrons. The lowest BCUT2D eigenvalue weighted by molar-refractivity contribution is 0.108. The zero-order valence-electron chi connectivity index (χ0n) is 11.4. The fourth-order valence-corrected chi connectivity index (χ4v) is 1.98. The molecule has 16 heavy (non-hydrogen) atoms. The Morgan fingerprint density at radius 2 is 1.56 bits per heavy atom. The molecule has 98 valence electrons. The molecule has 2 nitrogen and oxygen atoms in total. The molecule has 2 heteroatoms. The fraction of sp³-hybridized carbons (Fsp3) is 1.00. The van der Waals surface area contributed by atoms with E-state index in [1.54, 1.807) is 0 Å². The molecule has 0 saturated heterocycles. The Labute approximate surface area is 102 Å². The van der Waals surface area contributed by atoms with Crippen LogP contribution in [0.1, 0.15) is 72.1 Å². The number of aliphatic hydroxyl groups is 1. The molecular formula is C14H31NO. The van der Waals surface area contributed by atoms with Gasteiger partial charge in [-0.15, -0.1) is 0 Å². The van der Waals surface area contributed by atoms with Crippen molar-refractivity contribution in [3.8, 4) is 0 Å². The minimum atomic E-state index is -0.305. The molecule has 0 aliphatic carbocycles. The van der Waals surface area contributed by atoms with E-state index in [-0.39, 0.29) is 12.1 Å². The molecule has 0 aliphatic rings. The second-order valence-electron chi connectivity index (χ2n) is 5.09. The van der Waals surface area contributed by atoms with E-state index in [0.717, 1.165) is 19.3 Å². The highest BCUT2D eigenvalue weighted by Crippen LogP contribution is 2.15. The van der Waals surface area contributed by atoms with Crippen LogP contribution in [0.2, 0.25) is 0 Å². The molecule has 0 spiro atoms. The van der Waals surface area contributed by atoms with Crippen LogP contribution in [0, 0.1) is 5.92 Å². The van der Waals surface area contributed by atoms with Crippen molar-refractivity contribution in [3.63, 3.8) is 0 Å². The van der Waals surface area contributed by atoms with Gasteiger partial charge in [0.15, 0.2) is 0 Å². The average Bonchev–Trinajstić information content (AvgIpc) is 2.31. The molecule has 0 bridgehead atoms. The van der Waals surface area contributed by atoms with E-state index in [4.69, 9.17) is 5.73 Å². The van der Waals surface area contributed by atoms with Crippen molar-refractivity contribution in [2.24, 2.45) is 11.7 Å². The van der Waals surface area contributed by atoms with Crippen LogP contribution >= 0.6 is 0 Å². The second-order valence-corrected chi connectivity index (χ2v) is 5.09. The number of hydrogen-bond donors (Lipinski definition) is 2. The van der Waals surface area contributed by atoms with Gasteiger partial charge in [0.2, 0.25) is 0 Å². The number of nitrogens with two attached hydrogens (primary N) is 1. The van der Waals surface area contributed by atoms with Gasteiger partial charge >= 0.3 is 0 Å². The highest BCUT2D eigenvalue weighted by Gasteiger charge is 2.19.